The quantitative estimate of drug-likeness (QED) is 0.179. The van der Waals surface area contributed by atoms with Crippen LogP contribution in [0.3, 0.4) is 0 Å². The Hall–Kier alpha value is -6.46. The number of benzene rings is 5. The Bertz CT molecular complexity index is 2650. The first-order chi connectivity index (χ1) is 24.3. The van der Waals surface area contributed by atoms with Gasteiger partial charge in [-0.1, -0.05) is 127 Å². The summed E-state index contributed by atoms with van der Waals surface area (Å²) < 4.78 is 11.4. The lowest BCUT2D eigenvalue weighted by Gasteiger charge is -2.22. The van der Waals surface area contributed by atoms with Crippen LogP contribution >= 0.6 is 0 Å². The maximum absolute atomic E-state index is 6.68. The number of para-hydroxylation sites is 1. The first-order valence-corrected chi connectivity index (χ1v) is 16.5. The Morgan fingerprint density at radius 2 is 1.20 bits per heavy atom. The molecule has 0 spiro atoms. The van der Waals surface area contributed by atoms with Gasteiger partial charge < -0.3 is 8.90 Å². The second kappa shape index (κ2) is 11.1. The molecule has 227 valence electrons. The van der Waals surface area contributed by atoms with E-state index in [0.29, 0.717) is 5.71 Å². The number of rotatable bonds is 5. The number of furan rings is 1. The van der Waals surface area contributed by atoms with E-state index in [1.807, 2.05) is 6.07 Å². The predicted molar refractivity (Wildman–Crippen MR) is 199 cm³/mol. The molecule has 2 aliphatic heterocycles. The molecule has 0 aliphatic carbocycles. The van der Waals surface area contributed by atoms with Crippen molar-refractivity contribution in [3.63, 3.8) is 0 Å². The summed E-state index contributed by atoms with van der Waals surface area (Å²) in [5, 5.41) is 2.06. The van der Waals surface area contributed by atoms with E-state index in [2.05, 4.69) is 179 Å². The zero-order valence-corrected chi connectivity index (χ0v) is 26.5. The van der Waals surface area contributed by atoms with E-state index in [9.17, 15) is 0 Å². The zero-order valence-electron chi connectivity index (χ0n) is 26.5. The van der Waals surface area contributed by atoms with Crippen LogP contribution in [-0.4, -0.2) is 27.2 Å². The Balaban J connectivity index is 1.39. The highest BCUT2D eigenvalue weighted by Crippen LogP contribution is 2.48. The molecule has 5 heterocycles. The minimum atomic E-state index is 0.639. The van der Waals surface area contributed by atoms with Crippen LogP contribution < -0.4 is 0 Å². The fraction of sp³-hybridized carbons (Fsp3) is 0. The maximum Gasteiger partial charge on any atom is 0.700 e. The van der Waals surface area contributed by atoms with Crippen LogP contribution in [0, 0.1) is 0 Å². The summed E-state index contributed by atoms with van der Waals surface area (Å²) in [6, 6.07) is 55.7. The summed E-state index contributed by atoms with van der Waals surface area (Å²) in [6.07, 6.45) is 4.14. The van der Waals surface area contributed by atoms with Crippen molar-refractivity contribution in [2.75, 3.05) is 0 Å². The van der Waals surface area contributed by atoms with Crippen molar-refractivity contribution in [3.05, 3.63) is 198 Å². The third-order valence-electron chi connectivity index (χ3n) is 9.63. The van der Waals surface area contributed by atoms with Gasteiger partial charge in [-0.25, -0.2) is 4.98 Å². The third-order valence-corrected chi connectivity index (χ3v) is 9.63. The topological polar surface area (TPSA) is 34.0 Å². The number of aromatic nitrogens is 2. The monoisotopic (exact) mass is 625 g/mol. The highest BCUT2D eigenvalue weighted by Gasteiger charge is 2.45. The number of pyridine rings is 1. The van der Waals surface area contributed by atoms with Gasteiger partial charge in [-0.05, 0) is 47.0 Å². The molecule has 2 aliphatic rings. The van der Waals surface area contributed by atoms with Crippen LogP contribution in [0.1, 0.15) is 22.4 Å². The van der Waals surface area contributed by atoms with Gasteiger partial charge >= 0.3 is 7.55 Å². The molecule has 8 aromatic rings. The lowest BCUT2D eigenvalue weighted by molar-refractivity contribution is -0.310. The van der Waals surface area contributed by atoms with Crippen molar-refractivity contribution in [1.82, 2.24) is 9.46 Å². The van der Waals surface area contributed by atoms with Gasteiger partial charge in [0.05, 0.1) is 16.8 Å². The molecular formula is C44H28BN3O+. The van der Waals surface area contributed by atoms with Crippen molar-refractivity contribution in [1.29, 1.82) is 0 Å². The fourth-order valence-electron chi connectivity index (χ4n) is 7.45. The molecule has 0 saturated heterocycles. The second-order valence-electron chi connectivity index (χ2n) is 12.4. The number of allylic oxidation sites excluding steroid dienone is 2. The molecule has 0 bridgehead atoms. The van der Waals surface area contributed by atoms with Gasteiger partial charge in [-0.3, -0.25) is 4.49 Å². The molecule has 0 atom stereocenters. The summed E-state index contributed by atoms with van der Waals surface area (Å²) in [6.45, 7) is 0. The highest BCUT2D eigenvalue weighted by molar-refractivity contribution is 6.34. The van der Waals surface area contributed by atoms with Crippen LogP contribution in [0.25, 0.3) is 55.6 Å². The van der Waals surface area contributed by atoms with E-state index in [4.69, 9.17) is 4.42 Å². The molecule has 5 aromatic carbocycles. The average Bonchev–Trinajstić information content (AvgIpc) is 3.87. The molecule has 5 heteroatoms. The molecule has 0 fully saturated rings. The smallest absolute Gasteiger partial charge is 0.437 e. The normalized spacial score (nSPS) is 13.8. The Labute approximate surface area is 284 Å². The van der Waals surface area contributed by atoms with Crippen molar-refractivity contribution in [3.8, 4) is 22.4 Å². The summed E-state index contributed by atoms with van der Waals surface area (Å²) in [4.78, 5) is 4.62. The molecule has 1 radical (unpaired) electrons. The molecule has 10 rings (SSSR count). The Morgan fingerprint density at radius 1 is 0.571 bits per heavy atom. The predicted octanol–water partition coefficient (Wildman–Crippen LogP) is 9.87. The van der Waals surface area contributed by atoms with E-state index < -0.39 is 0 Å². The van der Waals surface area contributed by atoms with Crippen molar-refractivity contribution < 1.29 is 8.90 Å². The molecule has 49 heavy (non-hydrogen) atoms. The van der Waals surface area contributed by atoms with Crippen LogP contribution in [0.15, 0.2) is 180 Å². The van der Waals surface area contributed by atoms with Crippen molar-refractivity contribution in [2.45, 2.75) is 0 Å². The molecule has 0 amide bonds. The highest BCUT2D eigenvalue weighted by atomic mass is 16.3. The third kappa shape index (κ3) is 4.33. The molecule has 0 saturated carbocycles. The van der Waals surface area contributed by atoms with Gasteiger partial charge in [-0.15, -0.1) is 0 Å². The molecule has 0 N–H and O–H groups in total. The lowest BCUT2D eigenvalue weighted by atomic mass is 9.85. The number of fused-ring (bicyclic) bond motifs is 5. The van der Waals surface area contributed by atoms with E-state index in [0.717, 1.165) is 83.7 Å². The Kier molecular flexibility index (Phi) is 6.24. The SMILES string of the molecule is [B]1n2c(-c3ccccc3)cc(-c3ccccc3)c2C(c2cccc3c2oc2ncccc23)=C2C(c3ccccc3)=CC(c3ccccc3)=[N+]12. The fourth-order valence-corrected chi connectivity index (χ4v) is 7.45. The lowest BCUT2D eigenvalue weighted by Crippen LogP contribution is -2.33. The van der Waals surface area contributed by atoms with Gasteiger partial charge in [0, 0.05) is 45.4 Å². The molecule has 4 nitrogen and oxygen atoms in total. The van der Waals surface area contributed by atoms with Crippen LogP contribution in [-0.2, 0) is 0 Å². The van der Waals surface area contributed by atoms with Crippen molar-refractivity contribution >= 4 is 46.5 Å². The van der Waals surface area contributed by atoms with Crippen LogP contribution in [0.5, 0.6) is 0 Å². The Morgan fingerprint density at radius 3 is 1.92 bits per heavy atom. The van der Waals surface area contributed by atoms with E-state index in [1.54, 1.807) is 6.20 Å². The first kappa shape index (κ1) is 27.6. The van der Waals surface area contributed by atoms with Gasteiger partial charge in [-0.2, -0.15) is 0 Å². The maximum atomic E-state index is 6.68. The van der Waals surface area contributed by atoms with Gasteiger partial charge in [0.2, 0.25) is 11.4 Å². The molecular weight excluding hydrogens is 597 g/mol. The zero-order chi connectivity index (χ0) is 32.3. The standard InChI is InChI=1S/C44H28BN3O/c1-5-15-29(16-6-1)36-27-38(31-19-9-3-10-20-31)47-41(36)40(35-24-13-23-33-34-25-14-26-46-44(34)49-43(33)35)42-37(30-17-7-2-8-18-30)28-39(48(42)45-47)32-21-11-4-12-22-32/h1-28H/q+1. The van der Waals surface area contributed by atoms with Gasteiger partial charge in [0.25, 0.3) is 0 Å². The summed E-state index contributed by atoms with van der Waals surface area (Å²) in [5.74, 6) is 0. The number of nitrogens with zero attached hydrogens (tertiary/aromatic N) is 3. The van der Waals surface area contributed by atoms with E-state index >= 15 is 0 Å². The summed E-state index contributed by atoms with van der Waals surface area (Å²) in [7, 11) is 2.28. The number of hydrogen-bond donors (Lipinski definition) is 0. The molecule has 0 unspecified atom stereocenters. The minimum absolute atomic E-state index is 0.639. The second-order valence-corrected chi connectivity index (χ2v) is 12.4. The first-order valence-electron chi connectivity index (χ1n) is 16.5. The van der Waals surface area contributed by atoms with Crippen LogP contribution in [0.2, 0.25) is 0 Å². The largest absolute Gasteiger partial charge is 0.700 e. The van der Waals surface area contributed by atoms with E-state index in [-0.39, 0.29) is 0 Å². The van der Waals surface area contributed by atoms with Gasteiger partial charge in [0.1, 0.15) is 5.58 Å². The van der Waals surface area contributed by atoms with Crippen molar-refractivity contribution in [2.24, 2.45) is 0 Å². The number of hydrogen-bond acceptors (Lipinski definition) is 2. The van der Waals surface area contributed by atoms with E-state index in [1.165, 1.54) is 0 Å². The summed E-state index contributed by atoms with van der Waals surface area (Å²) >= 11 is 0. The molecule has 3 aromatic heterocycles. The van der Waals surface area contributed by atoms with Gasteiger partial charge in [0.15, 0.2) is 5.71 Å². The minimum Gasteiger partial charge on any atom is -0.437 e. The van der Waals surface area contributed by atoms with Crippen LogP contribution in [0.4, 0.5) is 0 Å². The average molecular weight is 626 g/mol. The summed E-state index contributed by atoms with van der Waals surface area (Å²) in [5.41, 5.74) is 15.0.